The van der Waals surface area contributed by atoms with E-state index in [2.05, 4.69) is 44.7 Å². The Morgan fingerprint density at radius 2 is 1.47 bits per heavy atom. The molecule has 2 aromatic rings. The highest BCUT2D eigenvalue weighted by molar-refractivity contribution is 6.21. The van der Waals surface area contributed by atoms with E-state index < -0.39 is 12.2 Å². The van der Waals surface area contributed by atoms with Gasteiger partial charge in [0.05, 0.1) is 24.2 Å². The van der Waals surface area contributed by atoms with Gasteiger partial charge in [0.2, 0.25) is 0 Å². The first kappa shape index (κ1) is 23.1. The van der Waals surface area contributed by atoms with Crippen molar-refractivity contribution in [2.75, 3.05) is 36.0 Å². The Kier molecular flexibility index (Phi) is 5.01. The lowest BCUT2D eigenvalue weighted by molar-refractivity contribution is 0.0558. The number of rotatable bonds is 4. The van der Waals surface area contributed by atoms with Crippen molar-refractivity contribution < 1.29 is 19.1 Å². The standard InChI is InChI=1S/C29H33N3O4/c1-18-12-20(13-19(2)24(18)30-16-28(3)10-7-11-29(28,4)17-30)31-14-21(36-27(31)35)15-32-25(33)22-8-5-6-9-23(22)26(32)34/h5-6,8-9,12-13,21H,7,10-11,14-17H2,1-4H3/t21-,28?,29?/m1/s1. The average Bonchev–Trinajstić information content (AvgIpc) is 3.47. The maximum atomic E-state index is 12.8. The van der Waals surface area contributed by atoms with Crippen molar-refractivity contribution in [3.05, 3.63) is 58.7 Å². The second-order valence-electron chi connectivity index (χ2n) is 11.6. The third-order valence-electron chi connectivity index (χ3n) is 9.24. The van der Waals surface area contributed by atoms with Crippen molar-refractivity contribution in [2.45, 2.75) is 53.1 Å². The summed E-state index contributed by atoms with van der Waals surface area (Å²) in [7, 11) is 0. The number of anilines is 2. The van der Waals surface area contributed by atoms with E-state index in [1.54, 1.807) is 29.2 Å². The smallest absolute Gasteiger partial charge is 0.414 e. The molecular formula is C29H33N3O4. The van der Waals surface area contributed by atoms with Gasteiger partial charge in [0.1, 0.15) is 6.10 Å². The zero-order chi connectivity index (χ0) is 25.4. The fraction of sp³-hybridized carbons (Fsp3) is 0.483. The second-order valence-corrected chi connectivity index (χ2v) is 11.6. The summed E-state index contributed by atoms with van der Waals surface area (Å²) in [5.74, 6) is -0.669. The number of nitrogens with zero attached hydrogens (tertiary/aromatic N) is 3. The minimum absolute atomic E-state index is 0.0512. The van der Waals surface area contributed by atoms with Crippen LogP contribution in [-0.2, 0) is 4.74 Å². The number of carbonyl (C=O) groups excluding carboxylic acids is 3. The van der Waals surface area contributed by atoms with E-state index in [9.17, 15) is 14.4 Å². The summed E-state index contributed by atoms with van der Waals surface area (Å²) in [5.41, 5.74) is 5.86. The summed E-state index contributed by atoms with van der Waals surface area (Å²) >= 11 is 0. The first-order valence-electron chi connectivity index (χ1n) is 12.9. The summed E-state index contributed by atoms with van der Waals surface area (Å²) < 4.78 is 5.60. The van der Waals surface area contributed by atoms with Crippen LogP contribution in [0.3, 0.4) is 0 Å². The Morgan fingerprint density at radius 3 is 2.03 bits per heavy atom. The summed E-state index contributed by atoms with van der Waals surface area (Å²) in [5, 5.41) is 0. The third kappa shape index (κ3) is 3.28. The van der Waals surface area contributed by atoms with E-state index in [0.717, 1.165) is 29.9 Å². The number of aryl methyl sites for hydroxylation is 2. The molecule has 0 bridgehead atoms. The molecule has 3 heterocycles. The second kappa shape index (κ2) is 7.82. The Labute approximate surface area is 212 Å². The summed E-state index contributed by atoms with van der Waals surface area (Å²) in [6.45, 7) is 11.6. The molecule has 7 nitrogen and oxygen atoms in total. The van der Waals surface area contributed by atoms with E-state index in [4.69, 9.17) is 4.74 Å². The molecule has 3 fully saturated rings. The molecule has 4 aliphatic rings. The van der Waals surface area contributed by atoms with Crippen LogP contribution in [0.2, 0.25) is 0 Å². The van der Waals surface area contributed by atoms with E-state index >= 15 is 0 Å². The minimum Gasteiger partial charge on any atom is -0.442 e. The Morgan fingerprint density at radius 1 is 0.917 bits per heavy atom. The molecule has 2 aromatic carbocycles. The molecule has 0 aromatic heterocycles. The SMILES string of the molecule is Cc1cc(N2C[C@H](CN3C(=O)c4ccccc4C3=O)OC2=O)cc(C)c1N1CC2(C)CCCC2(C)C1. The minimum atomic E-state index is -0.571. The highest BCUT2D eigenvalue weighted by atomic mass is 16.6. The molecule has 1 aliphatic carbocycles. The Balaban J connectivity index is 1.19. The molecule has 0 N–H and O–H groups in total. The zero-order valence-electron chi connectivity index (χ0n) is 21.5. The molecule has 0 spiro atoms. The predicted octanol–water partition coefficient (Wildman–Crippen LogP) is 4.94. The van der Waals surface area contributed by atoms with Crippen LogP contribution in [0.15, 0.2) is 36.4 Å². The van der Waals surface area contributed by atoms with Crippen LogP contribution < -0.4 is 9.80 Å². The van der Waals surface area contributed by atoms with Crippen LogP contribution in [-0.4, -0.2) is 55.1 Å². The summed E-state index contributed by atoms with van der Waals surface area (Å²) in [4.78, 5) is 43.7. The van der Waals surface area contributed by atoms with Gasteiger partial charge in [-0.15, -0.1) is 0 Å². The van der Waals surface area contributed by atoms with Crippen molar-refractivity contribution in [3.63, 3.8) is 0 Å². The van der Waals surface area contributed by atoms with Crippen molar-refractivity contribution in [3.8, 4) is 0 Å². The monoisotopic (exact) mass is 487 g/mol. The van der Waals surface area contributed by atoms with Crippen molar-refractivity contribution in [2.24, 2.45) is 10.8 Å². The zero-order valence-corrected chi connectivity index (χ0v) is 21.5. The van der Waals surface area contributed by atoms with Crippen LogP contribution in [0.1, 0.15) is 65.0 Å². The molecule has 0 radical (unpaired) electrons. The van der Waals surface area contributed by atoms with Gasteiger partial charge in [-0.25, -0.2) is 4.79 Å². The van der Waals surface area contributed by atoms with Gasteiger partial charge >= 0.3 is 6.09 Å². The lowest BCUT2D eigenvalue weighted by Crippen LogP contribution is -2.38. The Hall–Kier alpha value is -3.35. The fourth-order valence-corrected chi connectivity index (χ4v) is 7.09. The largest absolute Gasteiger partial charge is 0.442 e. The van der Waals surface area contributed by atoms with E-state index in [1.165, 1.54) is 29.8 Å². The van der Waals surface area contributed by atoms with Gasteiger partial charge in [0.15, 0.2) is 0 Å². The molecule has 6 rings (SSSR count). The lowest BCUT2D eigenvalue weighted by Gasteiger charge is -2.32. The molecule has 3 aliphatic heterocycles. The first-order chi connectivity index (χ1) is 17.1. The number of carbonyl (C=O) groups is 3. The number of cyclic esters (lactones) is 1. The number of benzene rings is 2. The van der Waals surface area contributed by atoms with Crippen LogP contribution in [0.4, 0.5) is 16.2 Å². The molecule has 188 valence electrons. The molecule has 3 atom stereocenters. The van der Waals surface area contributed by atoms with Crippen molar-refractivity contribution in [1.82, 2.24) is 4.90 Å². The highest BCUT2D eigenvalue weighted by Gasteiger charge is 2.54. The average molecular weight is 488 g/mol. The van der Waals surface area contributed by atoms with E-state index in [1.807, 2.05) is 0 Å². The van der Waals surface area contributed by atoms with Gasteiger partial charge in [-0.2, -0.15) is 0 Å². The molecule has 2 unspecified atom stereocenters. The maximum Gasteiger partial charge on any atom is 0.414 e. The predicted molar refractivity (Wildman–Crippen MR) is 138 cm³/mol. The van der Waals surface area contributed by atoms with Crippen molar-refractivity contribution >= 4 is 29.3 Å². The van der Waals surface area contributed by atoms with Crippen molar-refractivity contribution in [1.29, 1.82) is 0 Å². The molecule has 36 heavy (non-hydrogen) atoms. The Bertz CT molecular complexity index is 1230. The maximum absolute atomic E-state index is 12.8. The first-order valence-corrected chi connectivity index (χ1v) is 12.9. The van der Waals surface area contributed by atoms with E-state index in [-0.39, 0.29) is 18.4 Å². The lowest BCUT2D eigenvalue weighted by atomic mass is 9.71. The normalized spacial score (nSPS) is 29.3. The summed E-state index contributed by atoms with van der Waals surface area (Å²) in [6.07, 6.45) is 2.86. The van der Waals surface area contributed by atoms with E-state index in [0.29, 0.717) is 28.5 Å². The molecule has 7 heteroatoms. The quantitative estimate of drug-likeness (QED) is 0.572. The molecular weight excluding hydrogens is 454 g/mol. The molecule has 2 saturated heterocycles. The number of imide groups is 1. The fourth-order valence-electron chi connectivity index (χ4n) is 7.09. The van der Waals surface area contributed by atoms with Crippen LogP contribution in [0, 0.1) is 24.7 Å². The van der Waals surface area contributed by atoms with Gasteiger partial charge in [0.25, 0.3) is 11.8 Å². The van der Waals surface area contributed by atoms with Crippen LogP contribution in [0.5, 0.6) is 0 Å². The molecule has 1 saturated carbocycles. The number of ether oxygens (including phenoxy) is 1. The number of hydrogen-bond acceptors (Lipinski definition) is 5. The number of amides is 3. The number of hydrogen-bond donors (Lipinski definition) is 0. The van der Waals surface area contributed by atoms with Gasteiger partial charge < -0.3 is 9.64 Å². The topological polar surface area (TPSA) is 70.2 Å². The van der Waals surface area contributed by atoms with Gasteiger partial charge in [-0.1, -0.05) is 32.4 Å². The van der Waals surface area contributed by atoms with Gasteiger partial charge in [0, 0.05) is 24.5 Å². The van der Waals surface area contributed by atoms with Gasteiger partial charge in [-0.3, -0.25) is 19.4 Å². The van der Waals surface area contributed by atoms with Gasteiger partial charge in [-0.05, 0) is 72.9 Å². The molecule has 3 amide bonds. The third-order valence-corrected chi connectivity index (χ3v) is 9.24. The summed E-state index contributed by atoms with van der Waals surface area (Å²) in [6, 6.07) is 10.9. The number of fused-ring (bicyclic) bond motifs is 2. The highest BCUT2D eigenvalue weighted by Crippen LogP contribution is 2.58. The van der Waals surface area contributed by atoms with Crippen LogP contribution >= 0.6 is 0 Å². The van der Waals surface area contributed by atoms with Crippen LogP contribution in [0.25, 0.3) is 0 Å².